The SMILES string of the molecule is O=C(NCCc1ccc(Cl)cc1Cl)c1ccc(NC(=NC2CCCC2)N2CCCNCC2)cc1. The maximum absolute atomic E-state index is 12.6. The van der Waals surface area contributed by atoms with Crippen molar-refractivity contribution in [2.45, 2.75) is 44.6 Å². The van der Waals surface area contributed by atoms with Gasteiger partial charge in [-0.05, 0) is 74.2 Å². The third kappa shape index (κ3) is 7.11. The number of guanidine groups is 1. The van der Waals surface area contributed by atoms with Crippen molar-refractivity contribution in [3.63, 3.8) is 0 Å². The summed E-state index contributed by atoms with van der Waals surface area (Å²) in [5.41, 5.74) is 2.53. The normalized spacial score (nSPS) is 17.5. The van der Waals surface area contributed by atoms with Gasteiger partial charge in [0.15, 0.2) is 5.96 Å². The third-order valence-corrected chi connectivity index (χ3v) is 6.95. The van der Waals surface area contributed by atoms with Gasteiger partial charge >= 0.3 is 0 Å². The average molecular weight is 502 g/mol. The molecule has 0 unspecified atom stereocenters. The number of benzene rings is 2. The molecule has 2 aromatic rings. The quantitative estimate of drug-likeness (QED) is 0.386. The Labute approximate surface area is 212 Å². The molecule has 1 amide bonds. The lowest BCUT2D eigenvalue weighted by Crippen LogP contribution is -2.39. The van der Waals surface area contributed by atoms with Crippen molar-refractivity contribution < 1.29 is 4.79 Å². The zero-order chi connectivity index (χ0) is 23.8. The molecule has 0 radical (unpaired) electrons. The van der Waals surface area contributed by atoms with Gasteiger partial charge in [-0.2, -0.15) is 0 Å². The smallest absolute Gasteiger partial charge is 0.251 e. The van der Waals surface area contributed by atoms with Gasteiger partial charge in [-0.25, -0.2) is 4.99 Å². The fraction of sp³-hybridized carbons (Fsp3) is 0.462. The van der Waals surface area contributed by atoms with Crippen LogP contribution in [0.15, 0.2) is 47.5 Å². The van der Waals surface area contributed by atoms with Crippen LogP contribution in [0, 0.1) is 0 Å². The van der Waals surface area contributed by atoms with E-state index in [0.29, 0.717) is 34.6 Å². The molecule has 1 saturated carbocycles. The molecule has 34 heavy (non-hydrogen) atoms. The largest absolute Gasteiger partial charge is 0.352 e. The lowest BCUT2D eigenvalue weighted by Gasteiger charge is -2.26. The lowest BCUT2D eigenvalue weighted by molar-refractivity contribution is 0.0954. The molecule has 8 heteroatoms. The van der Waals surface area contributed by atoms with Crippen LogP contribution in [0.4, 0.5) is 5.69 Å². The number of hydrogen-bond donors (Lipinski definition) is 3. The molecule has 1 aliphatic heterocycles. The number of nitrogens with one attached hydrogen (secondary N) is 3. The summed E-state index contributed by atoms with van der Waals surface area (Å²) >= 11 is 12.2. The molecule has 1 aliphatic carbocycles. The van der Waals surface area contributed by atoms with E-state index in [-0.39, 0.29) is 5.91 Å². The molecule has 1 saturated heterocycles. The number of hydrogen-bond acceptors (Lipinski definition) is 3. The Bertz CT molecular complexity index is 981. The Morgan fingerprint density at radius 2 is 1.82 bits per heavy atom. The number of halogens is 2. The van der Waals surface area contributed by atoms with Gasteiger partial charge in [-0.15, -0.1) is 0 Å². The van der Waals surface area contributed by atoms with E-state index < -0.39 is 0 Å². The number of aliphatic imine (C=N–C) groups is 1. The molecule has 0 bridgehead atoms. The molecule has 0 atom stereocenters. The van der Waals surface area contributed by atoms with Gasteiger partial charge in [-0.3, -0.25) is 4.79 Å². The first-order chi connectivity index (χ1) is 16.6. The monoisotopic (exact) mass is 501 g/mol. The van der Waals surface area contributed by atoms with E-state index in [2.05, 4.69) is 20.9 Å². The van der Waals surface area contributed by atoms with Crippen LogP contribution in [0.1, 0.15) is 48.0 Å². The Hall–Kier alpha value is -2.28. The highest BCUT2D eigenvalue weighted by Crippen LogP contribution is 2.23. The first-order valence-electron chi connectivity index (χ1n) is 12.2. The molecule has 4 rings (SSSR count). The highest BCUT2D eigenvalue weighted by Gasteiger charge is 2.19. The van der Waals surface area contributed by atoms with E-state index in [1.165, 1.54) is 12.8 Å². The molecule has 3 N–H and O–H groups in total. The van der Waals surface area contributed by atoms with Crippen LogP contribution >= 0.6 is 23.2 Å². The number of amides is 1. The maximum Gasteiger partial charge on any atom is 0.251 e. The molecular formula is C26H33Cl2N5O. The molecule has 2 aliphatic rings. The second kappa shape index (κ2) is 12.4. The molecule has 182 valence electrons. The zero-order valence-electron chi connectivity index (χ0n) is 19.5. The van der Waals surface area contributed by atoms with Crippen LogP contribution in [0.25, 0.3) is 0 Å². The highest BCUT2D eigenvalue weighted by atomic mass is 35.5. The number of anilines is 1. The number of carbonyl (C=O) groups excluding carboxylic acids is 1. The Kier molecular flexibility index (Phi) is 9.08. The predicted octanol–water partition coefficient (Wildman–Crippen LogP) is 4.97. The number of rotatable bonds is 6. The van der Waals surface area contributed by atoms with Crippen molar-refractivity contribution in [1.29, 1.82) is 0 Å². The van der Waals surface area contributed by atoms with Crippen LogP contribution in [-0.2, 0) is 6.42 Å². The number of nitrogens with zero attached hydrogens (tertiary/aromatic N) is 2. The van der Waals surface area contributed by atoms with Crippen molar-refractivity contribution >= 4 is 40.8 Å². The van der Waals surface area contributed by atoms with Gasteiger partial charge in [0.2, 0.25) is 0 Å². The second-order valence-corrected chi connectivity index (χ2v) is 9.77. The average Bonchev–Trinajstić information content (AvgIpc) is 3.19. The van der Waals surface area contributed by atoms with Crippen molar-refractivity contribution in [3.8, 4) is 0 Å². The number of carbonyl (C=O) groups is 1. The fourth-order valence-electron chi connectivity index (χ4n) is 4.43. The Morgan fingerprint density at radius 1 is 1.03 bits per heavy atom. The van der Waals surface area contributed by atoms with Gasteiger partial charge in [0.05, 0.1) is 6.04 Å². The van der Waals surface area contributed by atoms with Gasteiger partial charge in [0, 0.05) is 47.5 Å². The van der Waals surface area contributed by atoms with E-state index in [0.717, 1.165) is 62.7 Å². The summed E-state index contributed by atoms with van der Waals surface area (Å²) in [4.78, 5) is 20.0. The van der Waals surface area contributed by atoms with E-state index in [1.807, 2.05) is 36.4 Å². The van der Waals surface area contributed by atoms with Gasteiger partial charge in [0.25, 0.3) is 5.91 Å². The summed E-state index contributed by atoms with van der Waals surface area (Å²) in [7, 11) is 0. The third-order valence-electron chi connectivity index (χ3n) is 6.37. The van der Waals surface area contributed by atoms with Crippen molar-refractivity contribution in [3.05, 3.63) is 63.6 Å². The van der Waals surface area contributed by atoms with E-state index in [1.54, 1.807) is 6.07 Å². The lowest BCUT2D eigenvalue weighted by atomic mass is 10.1. The summed E-state index contributed by atoms with van der Waals surface area (Å²) in [6.07, 6.45) is 6.60. The minimum atomic E-state index is -0.102. The molecule has 1 heterocycles. The first kappa shape index (κ1) is 24.8. The minimum absolute atomic E-state index is 0.102. The maximum atomic E-state index is 12.6. The molecule has 0 aromatic heterocycles. The molecular weight excluding hydrogens is 469 g/mol. The molecule has 2 fully saturated rings. The molecule has 6 nitrogen and oxygen atoms in total. The topological polar surface area (TPSA) is 68.8 Å². The Balaban J connectivity index is 1.35. The first-order valence-corrected chi connectivity index (χ1v) is 13.0. The van der Waals surface area contributed by atoms with Crippen LogP contribution in [0.3, 0.4) is 0 Å². The van der Waals surface area contributed by atoms with E-state index in [4.69, 9.17) is 28.2 Å². The molecule has 2 aromatic carbocycles. The standard InChI is InChI=1S/C26H33Cl2N5O/c27-21-9-6-19(24(28)18-21)12-14-30-25(34)20-7-10-23(11-8-20)32-26(31-22-4-1-2-5-22)33-16-3-13-29-15-17-33/h6-11,18,22,29H,1-5,12-17H2,(H,30,34)(H,31,32). The minimum Gasteiger partial charge on any atom is -0.352 e. The van der Waals surface area contributed by atoms with Crippen LogP contribution in [-0.4, -0.2) is 55.5 Å². The van der Waals surface area contributed by atoms with Crippen LogP contribution in [0.2, 0.25) is 10.0 Å². The summed E-state index contributed by atoms with van der Waals surface area (Å²) < 4.78 is 0. The van der Waals surface area contributed by atoms with Gasteiger partial charge in [-0.1, -0.05) is 42.1 Å². The summed E-state index contributed by atoms with van der Waals surface area (Å²) in [5, 5.41) is 11.2. The van der Waals surface area contributed by atoms with Crippen molar-refractivity contribution in [2.24, 2.45) is 4.99 Å². The fourth-order valence-corrected chi connectivity index (χ4v) is 4.93. The summed E-state index contributed by atoms with van der Waals surface area (Å²) in [6, 6.07) is 13.4. The van der Waals surface area contributed by atoms with E-state index >= 15 is 0 Å². The second-order valence-electron chi connectivity index (χ2n) is 8.93. The van der Waals surface area contributed by atoms with Gasteiger partial charge < -0.3 is 20.9 Å². The summed E-state index contributed by atoms with van der Waals surface area (Å²) in [6.45, 7) is 4.44. The Morgan fingerprint density at radius 3 is 2.59 bits per heavy atom. The van der Waals surface area contributed by atoms with Gasteiger partial charge in [0.1, 0.15) is 0 Å². The summed E-state index contributed by atoms with van der Waals surface area (Å²) in [5.74, 6) is 0.850. The van der Waals surface area contributed by atoms with Crippen molar-refractivity contribution in [2.75, 3.05) is 38.0 Å². The van der Waals surface area contributed by atoms with Crippen LogP contribution in [0.5, 0.6) is 0 Å². The van der Waals surface area contributed by atoms with Crippen molar-refractivity contribution in [1.82, 2.24) is 15.5 Å². The predicted molar refractivity (Wildman–Crippen MR) is 141 cm³/mol. The zero-order valence-corrected chi connectivity index (χ0v) is 21.0. The highest BCUT2D eigenvalue weighted by molar-refractivity contribution is 6.35. The van der Waals surface area contributed by atoms with E-state index in [9.17, 15) is 4.79 Å². The molecule has 0 spiro atoms. The van der Waals surface area contributed by atoms with Crippen LogP contribution < -0.4 is 16.0 Å².